The number of rotatable bonds is 8. The number of nitrogens with zero attached hydrogens (tertiary/aromatic N) is 2. The third-order valence-corrected chi connectivity index (χ3v) is 12.9. The summed E-state index contributed by atoms with van der Waals surface area (Å²) in [7, 11) is 0. The average Bonchev–Trinajstić information content (AvgIpc) is 4.10. The minimum absolute atomic E-state index is 0.0489. The topological polar surface area (TPSA) is 134 Å². The molecular weight excluding hydrogens is 781 g/mol. The molecule has 4 aliphatic rings. The summed E-state index contributed by atoms with van der Waals surface area (Å²) < 4.78 is 11.4. The molecular formula is C52H46N2O8. The Morgan fingerprint density at radius 2 is 0.726 bits per heavy atom. The molecule has 10 heteroatoms. The first-order valence-electron chi connectivity index (χ1n) is 21.1. The van der Waals surface area contributed by atoms with Crippen LogP contribution in [0.15, 0.2) is 158 Å². The van der Waals surface area contributed by atoms with Gasteiger partial charge in [-0.05, 0) is 68.5 Å². The lowest BCUT2D eigenvalue weighted by atomic mass is 9.92. The van der Waals surface area contributed by atoms with Gasteiger partial charge in [0.2, 0.25) is 0 Å². The summed E-state index contributed by atoms with van der Waals surface area (Å²) in [6.45, 7) is 1.11. The highest BCUT2D eigenvalue weighted by atomic mass is 16.6. The predicted molar refractivity (Wildman–Crippen MR) is 234 cm³/mol. The number of carboxylic acids is 2. The molecule has 0 unspecified atom stereocenters. The fraction of sp³-hybridized carbons (Fsp3) is 0.231. The Balaban J connectivity index is 0.000000158. The van der Waals surface area contributed by atoms with E-state index in [1.807, 2.05) is 109 Å². The van der Waals surface area contributed by atoms with Gasteiger partial charge in [-0.15, -0.1) is 0 Å². The van der Waals surface area contributed by atoms with Gasteiger partial charge in [-0.1, -0.05) is 158 Å². The number of hydrogen-bond donors (Lipinski definition) is 2. The fourth-order valence-corrected chi connectivity index (χ4v) is 10.1. The minimum atomic E-state index is -1.00. The molecule has 312 valence electrons. The van der Waals surface area contributed by atoms with Crippen molar-refractivity contribution < 1.29 is 38.9 Å². The highest BCUT2D eigenvalue weighted by molar-refractivity contribution is 5.84. The Morgan fingerprint density at radius 3 is 1.03 bits per heavy atom. The van der Waals surface area contributed by atoms with Gasteiger partial charge in [0, 0.05) is 36.8 Å². The van der Waals surface area contributed by atoms with Crippen molar-refractivity contribution >= 4 is 24.1 Å². The Labute approximate surface area is 360 Å². The second-order valence-electron chi connectivity index (χ2n) is 16.2. The van der Waals surface area contributed by atoms with Crippen molar-refractivity contribution in [3.05, 3.63) is 191 Å². The van der Waals surface area contributed by atoms with Gasteiger partial charge in [0.05, 0.1) is 0 Å². The zero-order valence-corrected chi connectivity index (χ0v) is 34.0. The van der Waals surface area contributed by atoms with Crippen molar-refractivity contribution in [3.63, 3.8) is 0 Å². The maximum atomic E-state index is 13.0. The quantitative estimate of drug-likeness (QED) is 0.155. The Bertz CT molecular complexity index is 2340. The number of amides is 2. The highest BCUT2D eigenvalue weighted by Gasteiger charge is 2.45. The van der Waals surface area contributed by atoms with E-state index in [9.17, 15) is 29.4 Å². The van der Waals surface area contributed by atoms with Crippen LogP contribution >= 0.6 is 0 Å². The van der Waals surface area contributed by atoms with Crippen LogP contribution in [0, 0.1) is 0 Å². The molecule has 2 fully saturated rings. The molecule has 0 saturated carbocycles. The van der Waals surface area contributed by atoms with Crippen molar-refractivity contribution in [2.45, 2.75) is 48.6 Å². The molecule has 2 N–H and O–H groups in total. The Hall–Kier alpha value is -7.20. The monoisotopic (exact) mass is 826 g/mol. The summed E-state index contributed by atoms with van der Waals surface area (Å²) in [5.41, 5.74) is 11.0. The molecule has 0 bridgehead atoms. The molecule has 10 nitrogen and oxygen atoms in total. The van der Waals surface area contributed by atoms with Crippen molar-refractivity contribution in [3.8, 4) is 22.3 Å². The van der Waals surface area contributed by atoms with Gasteiger partial charge in [0.1, 0.15) is 25.3 Å². The first-order chi connectivity index (χ1) is 30.3. The first-order valence-corrected chi connectivity index (χ1v) is 21.1. The van der Waals surface area contributed by atoms with E-state index in [-0.39, 0.29) is 36.9 Å². The molecule has 4 atom stereocenters. The highest BCUT2D eigenvalue weighted by Crippen LogP contribution is 2.46. The van der Waals surface area contributed by atoms with Crippen LogP contribution < -0.4 is 0 Å². The number of carbonyl (C=O) groups excluding carboxylic acids is 2. The molecule has 6 aromatic carbocycles. The van der Waals surface area contributed by atoms with Gasteiger partial charge in [-0.25, -0.2) is 19.2 Å². The lowest BCUT2D eigenvalue weighted by molar-refractivity contribution is -0.143. The summed E-state index contributed by atoms with van der Waals surface area (Å²) in [4.78, 5) is 52.7. The number of benzene rings is 6. The number of carboxylic acid groups (broad SMARTS) is 2. The van der Waals surface area contributed by atoms with E-state index in [0.29, 0.717) is 25.9 Å². The van der Waals surface area contributed by atoms with Crippen LogP contribution in [0.1, 0.15) is 69.9 Å². The van der Waals surface area contributed by atoms with Gasteiger partial charge in [0.15, 0.2) is 0 Å². The third kappa shape index (κ3) is 7.57. The SMILES string of the molecule is O=C(O)[C@@H]1[C@@H](c2ccccc2)CCN1C(=O)OCC1c2ccccc2-c2ccccc21.O=C(O)[C@H]1[C@H](c2ccccc2)CCN1C(=O)OCC1c2ccccc2-c2ccccc21. The van der Waals surface area contributed by atoms with Gasteiger partial charge in [0.25, 0.3) is 0 Å². The number of hydrogen-bond acceptors (Lipinski definition) is 6. The van der Waals surface area contributed by atoms with Crippen molar-refractivity contribution in [1.82, 2.24) is 9.80 Å². The molecule has 0 spiro atoms. The fourth-order valence-electron chi connectivity index (χ4n) is 10.1. The molecule has 0 aromatic heterocycles. The number of likely N-dealkylation sites (tertiary alicyclic amines) is 2. The molecule has 2 heterocycles. The molecule has 10 rings (SSSR count). The van der Waals surface area contributed by atoms with Crippen LogP contribution in [0.5, 0.6) is 0 Å². The second-order valence-corrected chi connectivity index (χ2v) is 16.2. The third-order valence-electron chi connectivity index (χ3n) is 12.9. The number of aliphatic carboxylic acids is 2. The van der Waals surface area contributed by atoms with Gasteiger partial charge in [-0.2, -0.15) is 0 Å². The number of ether oxygens (including phenoxy) is 2. The van der Waals surface area contributed by atoms with Gasteiger partial charge < -0.3 is 19.7 Å². The smallest absolute Gasteiger partial charge is 0.410 e. The first kappa shape index (κ1) is 40.2. The molecule has 2 aliphatic carbocycles. The lowest BCUT2D eigenvalue weighted by Crippen LogP contribution is -2.43. The maximum absolute atomic E-state index is 13.0. The van der Waals surface area contributed by atoms with Gasteiger partial charge in [-0.3, -0.25) is 9.80 Å². The van der Waals surface area contributed by atoms with Crippen molar-refractivity contribution in [2.75, 3.05) is 26.3 Å². The zero-order valence-electron chi connectivity index (χ0n) is 34.0. The summed E-state index contributed by atoms with van der Waals surface area (Å²) in [5.74, 6) is -2.57. The average molecular weight is 827 g/mol. The standard InChI is InChI=1S/2C26H23NO4/c2*28-25(29)24-18(17-8-2-1-3-9-17)14-15-27(24)26(30)31-16-23-21-12-6-4-10-19(21)20-11-5-7-13-22(20)23/h2*1-13,18,23-24H,14-16H2,(H,28,29)/t2*18-,24+/m10/s1. The summed E-state index contributed by atoms with van der Waals surface area (Å²) in [6, 6.07) is 49.8. The van der Waals surface area contributed by atoms with E-state index in [0.717, 1.165) is 55.6 Å². The maximum Gasteiger partial charge on any atom is 0.410 e. The minimum Gasteiger partial charge on any atom is -0.480 e. The molecule has 0 radical (unpaired) electrons. The lowest BCUT2D eigenvalue weighted by Gasteiger charge is -2.25. The Kier molecular flexibility index (Phi) is 11.3. The van der Waals surface area contributed by atoms with E-state index in [2.05, 4.69) is 48.5 Å². The zero-order chi connectivity index (χ0) is 42.7. The van der Waals surface area contributed by atoms with Crippen LogP contribution in [0.4, 0.5) is 9.59 Å². The van der Waals surface area contributed by atoms with Crippen LogP contribution in [0.25, 0.3) is 22.3 Å². The van der Waals surface area contributed by atoms with Gasteiger partial charge >= 0.3 is 24.1 Å². The van der Waals surface area contributed by atoms with E-state index >= 15 is 0 Å². The molecule has 2 saturated heterocycles. The normalized spacial score (nSPS) is 19.7. The summed E-state index contributed by atoms with van der Waals surface area (Å²) >= 11 is 0. The molecule has 62 heavy (non-hydrogen) atoms. The van der Waals surface area contributed by atoms with E-state index < -0.39 is 36.2 Å². The Morgan fingerprint density at radius 1 is 0.435 bits per heavy atom. The van der Waals surface area contributed by atoms with E-state index in [4.69, 9.17) is 9.47 Å². The van der Waals surface area contributed by atoms with Crippen LogP contribution in [-0.2, 0) is 19.1 Å². The predicted octanol–water partition coefficient (Wildman–Crippen LogP) is 9.76. The molecule has 2 amide bonds. The largest absolute Gasteiger partial charge is 0.480 e. The molecule has 6 aromatic rings. The van der Waals surface area contributed by atoms with Crippen molar-refractivity contribution in [1.29, 1.82) is 0 Å². The second kappa shape index (κ2) is 17.4. The van der Waals surface area contributed by atoms with Crippen LogP contribution in [0.2, 0.25) is 0 Å². The number of carbonyl (C=O) groups is 4. The summed E-state index contributed by atoms with van der Waals surface area (Å²) in [5, 5.41) is 19.7. The molecule has 2 aliphatic heterocycles. The van der Waals surface area contributed by atoms with Crippen LogP contribution in [0.3, 0.4) is 0 Å². The summed E-state index contributed by atoms with van der Waals surface area (Å²) in [6.07, 6.45) is 0.0801. The van der Waals surface area contributed by atoms with Crippen LogP contribution in [-0.4, -0.2) is 82.5 Å². The van der Waals surface area contributed by atoms with E-state index in [1.54, 1.807) is 0 Å². The van der Waals surface area contributed by atoms with Crippen molar-refractivity contribution in [2.24, 2.45) is 0 Å². The van der Waals surface area contributed by atoms with E-state index in [1.165, 1.54) is 9.80 Å². The number of fused-ring (bicyclic) bond motifs is 6.